The molecule has 3 aromatic heterocycles. The Bertz CT molecular complexity index is 888. The Labute approximate surface area is 114 Å². The zero-order valence-corrected chi connectivity index (χ0v) is 10.7. The molecule has 96 valence electrons. The molecule has 0 spiro atoms. The molecule has 5 nitrogen and oxygen atoms in total. The van der Waals surface area contributed by atoms with Crippen molar-refractivity contribution < 1.29 is 0 Å². The highest BCUT2D eigenvalue weighted by molar-refractivity contribution is 5.92. The molecule has 0 saturated carbocycles. The topological polar surface area (TPSA) is 82.4 Å². The first kappa shape index (κ1) is 12.1. The fourth-order valence-corrected chi connectivity index (χ4v) is 2.05. The van der Waals surface area contributed by atoms with Crippen LogP contribution >= 0.6 is 0 Å². The molecule has 0 radical (unpaired) electrons. The van der Waals surface area contributed by atoms with Crippen molar-refractivity contribution >= 4 is 10.9 Å². The van der Waals surface area contributed by atoms with Gasteiger partial charge in [0.15, 0.2) is 0 Å². The number of hydrogen-bond acceptors (Lipinski definition) is 4. The molecule has 5 heteroatoms. The van der Waals surface area contributed by atoms with E-state index in [-0.39, 0.29) is 11.1 Å². The second-order valence-corrected chi connectivity index (χ2v) is 4.43. The summed E-state index contributed by atoms with van der Waals surface area (Å²) in [5.41, 5.74) is 2.80. The molecule has 3 aromatic rings. The fourth-order valence-electron chi connectivity index (χ4n) is 2.05. The van der Waals surface area contributed by atoms with Crippen LogP contribution in [0.1, 0.15) is 11.3 Å². The van der Waals surface area contributed by atoms with Crippen LogP contribution in [-0.2, 0) is 0 Å². The van der Waals surface area contributed by atoms with E-state index in [1.54, 1.807) is 24.5 Å². The van der Waals surface area contributed by atoms with Crippen LogP contribution in [0.25, 0.3) is 22.2 Å². The van der Waals surface area contributed by atoms with Gasteiger partial charge < -0.3 is 4.98 Å². The van der Waals surface area contributed by atoms with Gasteiger partial charge in [0, 0.05) is 29.0 Å². The average Bonchev–Trinajstić information content (AvgIpc) is 2.46. The molecule has 0 aliphatic rings. The summed E-state index contributed by atoms with van der Waals surface area (Å²) in [4.78, 5) is 22.9. The fraction of sp³-hybridized carbons (Fsp3) is 0.0667. The van der Waals surface area contributed by atoms with Gasteiger partial charge in [-0.05, 0) is 31.2 Å². The second-order valence-electron chi connectivity index (χ2n) is 4.43. The van der Waals surface area contributed by atoms with Crippen LogP contribution in [-0.4, -0.2) is 15.0 Å². The molecule has 0 saturated heterocycles. The van der Waals surface area contributed by atoms with E-state index in [0.717, 1.165) is 16.6 Å². The number of aromatic amines is 1. The normalized spacial score (nSPS) is 10.4. The molecular formula is C15H10N4O. The van der Waals surface area contributed by atoms with Crippen LogP contribution in [0.15, 0.2) is 41.5 Å². The van der Waals surface area contributed by atoms with Gasteiger partial charge in [0.1, 0.15) is 11.6 Å². The third-order valence-electron chi connectivity index (χ3n) is 3.08. The molecule has 0 unspecified atom stereocenters. The van der Waals surface area contributed by atoms with Gasteiger partial charge in [-0.15, -0.1) is 0 Å². The van der Waals surface area contributed by atoms with Crippen molar-refractivity contribution in [1.29, 1.82) is 5.26 Å². The van der Waals surface area contributed by atoms with Crippen LogP contribution in [0.4, 0.5) is 0 Å². The lowest BCUT2D eigenvalue weighted by Gasteiger charge is -2.06. The van der Waals surface area contributed by atoms with Crippen LogP contribution in [0, 0.1) is 18.3 Å². The van der Waals surface area contributed by atoms with Gasteiger partial charge in [-0.25, -0.2) is 0 Å². The highest BCUT2D eigenvalue weighted by atomic mass is 16.1. The summed E-state index contributed by atoms with van der Waals surface area (Å²) < 4.78 is 0. The maximum atomic E-state index is 11.6. The summed E-state index contributed by atoms with van der Waals surface area (Å²) in [5, 5.41) is 9.70. The van der Waals surface area contributed by atoms with Gasteiger partial charge in [-0.1, -0.05) is 0 Å². The summed E-state index contributed by atoms with van der Waals surface area (Å²) in [6.07, 6.45) is 3.35. The van der Waals surface area contributed by atoms with E-state index in [0.29, 0.717) is 11.2 Å². The Morgan fingerprint density at radius 3 is 2.80 bits per heavy atom. The summed E-state index contributed by atoms with van der Waals surface area (Å²) in [5.74, 6) is 0. The summed E-state index contributed by atoms with van der Waals surface area (Å²) in [6, 6.07) is 8.98. The molecular weight excluding hydrogens is 252 g/mol. The highest BCUT2D eigenvalue weighted by Crippen LogP contribution is 2.24. The van der Waals surface area contributed by atoms with Crippen molar-refractivity contribution in [3.8, 4) is 17.3 Å². The molecule has 0 amide bonds. The molecule has 20 heavy (non-hydrogen) atoms. The van der Waals surface area contributed by atoms with Gasteiger partial charge in [0.25, 0.3) is 5.56 Å². The first-order chi connectivity index (χ1) is 9.69. The largest absolute Gasteiger partial charge is 0.321 e. The van der Waals surface area contributed by atoms with E-state index in [9.17, 15) is 4.79 Å². The Kier molecular flexibility index (Phi) is 2.77. The second kappa shape index (κ2) is 4.59. The Morgan fingerprint density at radius 1 is 1.25 bits per heavy atom. The Hall–Kier alpha value is -3.00. The number of H-pyrrole nitrogens is 1. The van der Waals surface area contributed by atoms with Gasteiger partial charge in [-0.3, -0.25) is 14.8 Å². The smallest absolute Gasteiger partial charge is 0.266 e. The maximum absolute atomic E-state index is 11.6. The molecule has 1 N–H and O–H groups in total. The third-order valence-corrected chi connectivity index (χ3v) is 3.08. The van der Waals surface area contributed by atoms with Crippen molar-refractivity contribution in [2.75, 3.05) is 0 Å². The molecule has 0 fully saturated rings. The van der Waals surface area contributed by atoms with Crippen molar-refractivity contribution in [2.45, 2.75) is 6.92 Å². The van der Waals surface area contributed by atoms with Gasteiger partial charge in [0.2, 0.25) is 0 Å². The molecule has 0 bridgehead atoms. The lowest BCUT2D eigenvalue weighted by atomic mass is 10.1. The summed E-state index contributed by atoms with van der Waals surface area (Å²) in [7, 11) is 0. The number of hydrogen-bond donors (Lipinski definition) is 1. The van der Waals surface area contributed by atoms with Crippen molar-refractivity contribution in [2.24, 2.45) is 0 Å². The van der Waals surface area contributed by atoms with E-state index in [4.69, 9.17) is 5.26 Å². The van der Waals surface area contributed by atoms with E-state index in [1.807, 2.05) is 25.1 Å². The standard InChI is InChI=1S/C15H10N4O/c1-9-2-3-10(8-18-9)14-12-6-11(7-16)15(20)19-13(12)4-5-17-14/h2-6,8H,1H3,(H,19,20). The number of nitrogens with one attached hydrogen (secondary N) is 1. The van der Waals surface area contributed by atoms with Crippen molar-refractivity contribution in [3.63, 3.8) is 0 Å². The number of nitriles is 1. The Balaban J connectivity index is 2.34. The predicted octanol–water partition coefficient (Wildman–Crippen LogP) is 2.17. The monoisotopic (exact) mass is 262 g/mol. The minimum Gasteiger partial charge on any atom is -0.321 e. The number of rotatable bonds is 1. The lowest BCUT2D eigenvalue weighted by molar-refractivity contribution is 1.19. The van der Waals surface area contributed by atoms with E-state index >= 15 is 0 Å². The molecule has 3 heterocycles. The number of aromatic nitrogens is 3. The van der Waals surface area contributed by atoms with Gasteiger partial charge in [0.05, 0.1) is 11.2 Å². The molecule has 0 aromatic carbocycles. The minimum atomic E-state index is -0.390. The van der Waals surface area contributed by atoms with E-state index in [1.165, 1.54) is 0 Å². The van der Waals surface area contributed by atoms with Crippen LogP contribution in [0.3, 0.4) is 0 Å². The van der Waals surface area contributed by atoms with Crippen LogP contribution in [0.2, 0.25) is 0 Å². The maximum Gasteiger partial charge on any atom is 0.266 e. The predicted molar refractivity (Wildman–Crippen MR) is 75.0 cm³/mol. The molecule has 0 aliphatic heterocycles. The summed E-state index contributed by atoms with van der Waals surface area (Å²) >= 11 is 0. The average molecular weight is 262 g/mol. The zero-order valence-electron chi connectivity index (χ0n) is 10.7. The lowest BCUT2D eigenvalue weighted by Crippen LogP contribution is -2.09. The van der Waals surface area contributed by atoms with E-state index in [2.05, 4.69) is 15.0 Å². The molecule has 0 aliphatic carbocycles. The minimum absolute atomic E-state index is 0.0758. The van der Waals surface area contributed by atoms with Crippen molar-refractivity contribution in [3.05, 3.63) is 58.3 Å². The molecule has 0 atom stereocenters. The number of fused-ring (bicyclic) bond motifs is 1. The van der Waals surface area contributed by atoms with Crippen molar-refractivity contribution in [1.82, 2.24) is 15.0 Å². The Morgan fingerprint density at radius 2 is 2.10 bits per heavy atom. The van der Waals surface area contributed by atoms with E-state index < -0.39 is 0 Å². The number of nitrogens with zero attached hydrogens (tertiary/aromatic N) is 3. The SMILES string of the molecule is Cc1ccc(-c2nccc3[nH]c(=O)c(C#N)cc23)cn1. The van der Waals surface area contributed by atoms with Gasteiger partial charge in [-0.2, -0.15) is 5.26 Å². The number of pyridine rings is 3. The highest BCUT2D eigenvalue weighted by Gasteiger charge is 2.09. The zero-order chi connectivity index (χ0) is 14.1. The first-order valence-electron chi connectivity index (χ1n) is 6.04. The number of aryl methyl sites for hydroxylation is 1. The quantitative estimate of drug-likeness (QED) is 0.728. The molecule has 3 rings (SSSR count). The summed E-state index contributed by atoms with van der Waals surface area (Å²) in [6.45, 7) is 1.91. The van der Waals surface area contributed by atoms with Gasteiger partial charge >= 0.3 is 0 Å². The first-order valence-corrected chi connectivity index (χ1v) is 6.04. The third kappa shape index (κ3) is 1.93. The van der Waals surface area contributed by atoms with Crippen LogP contribution < -0.4 is 5.56 Å². The van der Waals surface area contributed by atoms with Crippen LogP contribution in [0.5, 0.6) is 0 Å².